The van der Waals surface area contributed by atoms with Gasteiger partial charge in [0.1, 0.15) is 5.76 Å². The number of aromatic nitrogens is 2. The van der Waals surface area contributed by atoms with Crippen molar-refractivity contribution >= 4 is 5.91 Å². The van der Waals surface area contributed by atoms with E-state index in [2.05, 4.69) is 10.4 Å². The number of furan rings is 1. The van der Waals surface area contributed by atoms with Crippen LogP contribution in [0.2, 0.25) is 0 Å². The smallest absolute Gasteiger partial charge is 0.272 e. The van der Waals surface area contributed by atoms with Crippen LogP contribution in [-0.4, -0.2) is 15.7 Å². The number of para-hydroxylation sites is 1. The van der Waals surface area contributed by atoms with E-state index in [0.29, 0.717) is 12.2 Å². The number of nitrogens with one attached hydrogen (secondary N) is 1. The highest BCUT2D eigenvalue weighted by Gasteiger charge is 2.25. The highest BCUT2D eigenvalue weighted by Crippen LogP contribution is 2.27. The van der Waals surface area contributed by atoms with E-state index in [0.717, 1.165) is 48.4 Å². The Hall–Kier alpha value is -2.82. The second kappa shape index (κ2) is 6.35. The van der Waals surface area contributed by atoms with Crippen molar-refractivity contribution in [3.63, 3.8) is 0 Å². The number of hydrogen-bond donors (Lipinski definition) is 1. The third-order valence-corrected chi connectivity index (χ3v) is 4.40. The van der Waals surface area contributed by atoms with Gasteiger partial charge < -0.3 is 9.73 Å². The summed E-state index contributed by atoms with van der Waals surface area (Å²) < 4.78 is 7.19. The Balaban J connectivity index is 1.65. The highest BCUT2D eigenvalue weighted by atomic mass is 16.3. The molecule has 0 bridgehead atoms. The van der Waals surface area contributed by atoms with Gasteiger partial charge in [-0.1, -0.05) is 18.2 Å². The van der Waals surface area contributed by atoms with Crippen molar-refractivity contribution in [2.75, 3.05) is 0 Å². The molecular formula is C19H19N3O2. The lowest BCUT2D eigenvalue weighted by molar-refractivity contribution is 0.0941. The minimum atomic E-state index is -0.140. The zero-order chi connectivity index (χ0) is 16.4. The van der Waals surface area contributed by atoms with E-state index in [1.807, 2.05) is 47.1 Å². The first-order chi connectivity index (χ1) is 11.8. The number of carbonyl (C=O) groups is 1. The Morgan fingerprint density at radius 2 is 1.96 bits per heavy atom. The summed E-state index contributed by atoms with van der Waals surface area (Å²) in [7, 11) is 0. The van der Waals surface area contributed by atoms with Gasteiger partial charge in [-0.05, 0) is 49.9 Å². The Morgan fingerprint density at radius 3 is 2.75 bits per heavy atom. The molecule has 0 unspecified atom stereocenters. The topological polar surface area (TPSA) is 60.1 Å². The fourth-order valence-electron chi connectivity index (χ4n) is 3.23. The molecule has 0 radical (unpaired) electrons. The number of carbonyl (C=O) groups excluding carboxylic acids is 1. The van der Waals surface area contributed by atoms with Crippen molar-refractivity contribution in [1.29, 1.82) is 0 Å². The minimum Gasteiger partial charge on any atom is -0.467 e. The first-order valence-corrected chi connectivity index (χ1v) is 8.30. The van der Waals surface area contributed by atoms with Crippen molar-refractivity contribution in [3.8, 4) is 5.69 Å². The second-order valence-corrected chi connectivity index (χ2v) is 5.99. The zero-order valence-corrected chi connectivity index (χ0v) is 13.4. The van der Waals surface area contributed by atoms with E-state index in [1.165, 1.54) is 0 Å². The maximum atomic E-state index is 12.6. The standard InChI is InChI=1S/C19H19N3O2/c23-19(20-13-15-9-6-12-24-15)18-16-10-4-5-11-17(16)22(21-18)14-7-2-1-3-8-14/h1-3,6-9,12H,4-5,10-11,13H2,(H,20,23). The van der Waals surface area contributed by atoms with Crippen LogP contribution >= 0.6 is 0 Å². The molecule has 5 nitrogen and oxygen atoms in total. The molecule has 1 aromatic carbocycles. The maximum Gasteiger partial charge on any atom is 0.272 e. The normalized spacial score (nSPS) is 13.5. The molecule has 0 saturated carbocycles. The van der Waals surface area contributed by atoms with E-state index < -0.39 is 0 Å². The molecule has 0 saturated heterocycles. The third-order valence-electron chi connectivity index (χ3n) is 4.40. The van der Waals surface area contributed by atoms with Gasteiger partial charge in [-0.15, -0.1) is 0 Å². The molecule has 2 heterocycles. The molecule has 3 aromatic rings. The molecular weight excluding hydrogens is 302 g/mol. The van der Waals surface area contributed by atoms with Crippen LogP contribution in [0.4, 0.5) is 0 Å². The summed E-state index contributed by atoms with van der Waals surface area (Å²) >= 11 is 0. The summed E-state index contributed by atoms with van der Waals surface area (Å²) in [4.78, 5) is 12.6. The quantitative estimate of drug-likeness (QED) is 0.802. The average molecular weight is 321 g/mol. The first kappa shape index (κ1) is 14.8. The molecule has 122 valence electrons. The molecule has 24 heavy (non-hydrogen) atoms. The van der Waals surface area contributed by atoms with Crippen LogP contribution in [0, 0.1) is 0 Å². The maximum absolute atomic E-state index is 12.6. The Bertz CT molecular complexity index is 835. The van der Waals surface area contributed by atoms with Gasteiger partial charge in [0, 0.05) is 11.3 Å². The minimum absolute atomic E-state index is 0.140. The van der Waals surface area contributed by atoms with E-state index in [9.17, 15) is 4.79 Å². The third kappa shape index (κ3) is 2.73. The lowest BCUT2D eigenvalue weighted by atomic mass is 9.95. The Morgan fingerprint density at radius 1 is 1.12 bits per heavy atom. The summed E-state index contributed by atoms with van der Waals surface area (Å²) in [6, 6.07) is 13.7. The van der Waals surface area contributed by atoms with Crippen molar-refractivity contribution in [2.24, 2.45) is 0 Å². The van der Waals surface area contributed by atoms with Crippen molar-refractivity contribution in [2.45, 2.75) is 32.2 Å². The van der Waals surface area contributed by atoms with Gasteiger partial charge in [-0.2, -0.15) is 5.10 Å². The number of nitrogens with zero attached hydrogens (tertiary/aromatic N) is 2. The Kier molecular flexibility index (Phi) is 3.91. The lowest BCUT2D eigenvalue weighted by Gasteiger charge is -2.14. The largest absolute Gasteiger partial charge is 0.467 e. The molecule has 1 aliphatic carbocycles. The number of fused-ring (bicyclic) bond motifs is 1. The Labute approximate surface area is 140 Å². The number of rotatable bonds is 4. The predicted molar refractivity (Wildman–Crippen MR) is 90.1 cm³/mol. The predicted octanol–water partition coefficient (Wildman–Crippen LogP) is 3.27. The summed E-state index contributed by atoms with van der Waals surface area (Å²) in [5.74, 6) is 0.596. The molecule has 0 spiro atoms. The summed E-state index contributed by atoms with van der Waals surface area (Å²) in [6.45, 7) is 0.374. The van der Waals surface area contributed by atoms with Crippen molar-refractivity contribution in [3.05, 3.63) is 71.4 Å². The summed E-state index contributed by atoms with van der Waals surface area (Å²) in [5.41, 5.74) is 3.79. The second-order valence-electron chi connectivity index (χ2n) is 5.99. The summed E-state index contributed by atoms with van der Waals surface area (Å²) in [5, 5.41) is 7.54. The van der Waals surface area contributed by atoms with E-state index in [-0.39, 0.29) is 5.91 Å². The molecule has 1 N–H and O–H groups in total. The summed E-state index contributed by atoms with van der Waals surface area (Å²) in [6.07, 6.45) is 5.72. The lowest BCUT2D eigenvalue weighted by Crippen LogP contribution is -2.24. The van der Waals surface area contributed by atoms with Gasteiger partial charge in [0.2, 0.25) is 0 Å². The molecule has 0 fully saturated rings. The van der Waals surface area contributed by atoms with Gasteiger partial charge in [0.25, 0.3) is 5.91 Å². The number of benzene rings is 1. The van der Waals surface area contributed by atoms with Gasteiger partial charge in [0.05, 0.1) is 18.5 Å². The fraction of sp³-hybridized carbons (Fsp3) is 0.263. The molecule has 4 rings (SSSR count). The van der Waals surface area contributed by atoms with E-state index in [4.69, 9.17) is 4.42 Å². The molecule has 2 aromatic heterocycles. The van der Waals surface area contributed by atoms with Crippen LogP contribution < -0.4 is 5.32 Å². The zero-order valence-electron chi connectivity index (χ0n) is 13.4. The van der Waals surface area contributed by atoms with Gasteiger partial charge in [-0.3, -0.25) is 4.79 Å². The molecule has 1 amide bonds. The van der Waals surface area contributed by atoms with Crippen LogP contribution in [-0.2, 0) is 19.4 Å². The fourth-order valence-corrected chi connectivity index (χ4v) is 3.23. The SMILES string of the molecule is O=C(NCc1ccco1)c1nn(-c2ccccc2)c2c1CCCC2. The number of amides is 1. The molecule has 5 heteroatoms. The number of hydrogen-bond acceptors (Lipinski definition) is 3. The highest BCUT2D eigenvalue weighted by molar-refractivity contribution is 5.94. The van der Waals surface area contributed by atoms with E-state index >= 15 is 0 Å². The van der Waals surface area contributed by atoms with Crippen molar-refractivity contribution < 1.29 is 9.21 Å². The van der Waals surface area contributed by atoms with Crippen LogP contribution in [0.25, 0.3) is 5.69 Å². The molecule has 0 aliphatic heterocycles. The first-order valence-electron chi connectivity index (χ1n) is 8.30. The van der Waals surface area contributed by atoms with Crippen LogP contribution in [0.3, 0.4) is 0 Å². The van der Waals surface area contributed by atoms with Crippen LogP contribution in [0.5, 0.6) is 0 Å². The van der Waals surface area contributed by atoms with E-state index in [1.54, 1.807) is 6.26 Å². The molecule has 1 aliphatic rings. The van der Waals surface area contributed by atoms with Gasteiger partial charge in [0.15, 0.2) is 5.69 Å². The monoisotopic (exact) mass is 321 g/mol. The van der Waals surface area contributed by atoms with Gasteiger partial charge >= 0.3 is 0 Å². The molecule has 0 atom stereocenters. The van der Waals surface area contributed by atoms with Gasteiger partial charge in [-0.25, -0.2) is 4.68 Å². The van der Waals surface area contributed by atoms with Crippen molar-refractivity contribution in [1.82, 2.24) is 15.1 Å². The van der Waals surface area contributed by atoms with Crippen LogP contribution in [0.15, 0.2) is 53.1 Å². The average Bonchev–Trinajstić information content (AvgIpc) is 3.28. The van der Waals surface area contributed by atoms with Crippen LogP contribution in [0.1, 0.15) is 40.3 Å².